The molecule has 7 nitrogen and oxygen atoms in total. The van der Waals surface area contributed by atoms with Crippen molar-refractivity contribution in [1.29, 1.82) is 0 Å². The second-order valence-corrected chi connectivity index (χ2v) is 4.76. The monoisotopic (exact) mass is 272 g/mol. The number of piperazine rings is 1. The number of hydrogen-bond acceptors (Lipinski definition) is 6. The van der Waals surface area contributed by atoms with Gasteiger partial charge in [-0.15, -0.1) is 5.10 Å². The van der Waals surface area contributed by atoms with E-state index in [9.17, 15) is 4.79 Å². The number of hydrogen-bond donors (Lipinski definition) is 1. The van der Waals surface area contributed by atoms with Crippen LogP contribution in [0.15, 0.2) is 35.3 Å². The third-order valence-corrected chi connectivity index (χ3v) is 3.38. The number of aromatic amines is 1. The maximum atomic E-state index is 11.0. The van der Waals surface area contributed by atoms with Crippen LogP contribution in [0.5, 0.6) is 0 Å². The fourth-order valence-corrected chi connectivity index (χ4v) is 2.29. The first kappa shape index (κ1) is 12.7. The van der Waals surface area contributed by atoms with Crippen LogP contribution in [0.1, 0.15) is 5.69 Å². The van der Waals surface area contributed by atoms with Gasteiger partial charge in [-0.1, -0.05) is 0 Å². The van der Waals surface area contributed by atoms with Gasteiger partial charge >= 0.3 is 0 Å². The number of aromatic nitrogens is 4. The summed E-state index contributed by atoms with van der Waals surface area (Å²) in [6, 6.07) is 7.16. The van der Waals surface area contributed by atoms with E-state index in [1.165, 1.54) is 6.07 Å². The molecule has 1 saturated heterocycles. The summed E-state index contributed by atoms with van der Waals surface area (Å²) in [7, 11) is 0. The smallest absolute Gasteiger partial charge is 0.264 e. The molecule has 0 saturated carbocycles. The fraction of sp³-hybridized carbons (Fsp3) is 0.385. The maximum Gasteiger partial charge on any atom is 0.264 e. The van der Waals surface area contributed by atoms with Crippen LogP contribution in [0.25, 0.3) is 0 Å². The van der Waals surface area contributed by atoms with E-state index < -0.39 is 0 Å². The van der Waals surface area contributed by atoms with Gasteiger partial charge in [0.15, 0.2) is 5.82 Å². The van der Waals surface area contributed by atoms with Crippen molar-refractivity contribution in [3.63, 3.8) is 0 Å². The third-order valence-electron chi connectivity index (χ3n) is 3.38. The van der Waals surface area contributed by atoms with Gasteiger partial charge in [0.2, 0.25) is 0 Å². The highest BCUT2D eigenvalue weighted by Gasteiger charge is 2.18. The predicted molar refractivity (Wildman–Crippen MR) is 74.4 cm³/mol. The van der Waals surface area contributed by atoms with Gasteiger partial charge < -0.3 is 4.90 Å². The average molecular weight is 272 g/mol. The molecule has 2 aromatic heterocycles. The molecule has 1 aliphatic heterocycles. The van der Waals surface area contributed by atoms with Gasteiger partial charge in [0.05, 0.1) is 5.69 Å². The second kappa shape index (κ2) is 5.79. The minimum absolute atomic E-state index is 0.166. The predicted octanol–water partition coefficient (Wildman–Crippen LogP) is -0.118. The molecule has 7 heteroatoms. The molecule has 0 atom stereocenters. The molecule has 0 aliphatic carbocycles. The molecule has 0 spiro atoms. The van der Waals surface area contributed by atoms with Gasteiger partial charge in [-0.25, -0.2) is 5.10 Å². The minimum atomic E-state index is -0.166. The average Bonchev–Trinajstić information content (AvgIpc) is 2.51. The minimum Gasteiger partial charge on any atom is -0.353 e. The van der Waals surface area contributed by atoms with Crippen LogP contribution in [0.2, 0.25) is 0 Å². The number of H-pyrrole nitrogens is 1. The lowest BCUT2D eigenvalue weighted by Crippen LogP contribution is -2.46. The van der Waals surface area contributed by atoms with Gasteiger partial charge in [-0.3, -0.25) is 9.69 Å². The highest BCUT2D eigenvalue weighted by Crippen LogP contribution is 2.12. The molecule has 1 fully saturated rings. The molecule has 0 bridgehead atoms. The SMILES string of the molecule is O=c1ccc(CN2CCN(c3cccnn3)CC2)n[nH]1. The quantitative estimate of drug-likeness (QED) is 0.839. The Morgan fingerprint density at radius 1 is 1.15 bits per heavy atom. The first-order valence-corrected chi connectivity index (χ1v) is 6.61. The zero-order valence-corrected chi connectivity index (χ0v) is 11.1. The van der Waals surface area contributed by atoms with E-state index in [-0.39, 0.29) is 5.56 Å². The van der Waals surface area contributed by atoms with E-state index in [2.05, 4.69) is 30.2 Å². The molecule has 1 N–H and O–H groups in total. The molecule has 2 aromatic rings. The Hall–Kier alpha value is -2.28. The molecule has 0 amide bonds. The van der Waals surface area contributed by atoms with E-state index in [1.807, 2.05) is 12.1 Å². The lowest BCUT2D eigenvalue weighted by Gasteiger charge is -2.34. The van der Waals surface area contributed by atoms with Crippen LogP contribution in [0, 0.1) is 0 Å². The van der Waals surface area contributed by atoms with Crippen LogP contribution in [0.3, 0.4) is 0 Å². The summed E-state index contributed by atoms with van der Waals surface area (Å²) in [4.78, 5) is 15.5. The lowest BCUT2D eigenvalue weighted by molar-refractivity contribution is 0.245. The zero-order valence-electron chi connectivity index (χ0n) is 11.1. The Kier molecular flexibility index (Phi) is 3.69. The van der Waals surface area contributed by atoms with Crippen molar-refractivity contribution in [2.45, 2.75) is 6.54 Å². The second-order valence-electron chi connectivity index (χ2n) is 4.76. The summed E-state index contributed by atoms with van der Waals surface area (Å²) in [6.07, 6.45) is 1.68. The number of nitrogens with one attached hydrogen (secondary N) is 1. The number of nitrogens with zero attached hydrogens (tertiary/aromatic N) is 5. The lowest BCUT2D eigenvalue weighted by atomic mass is 10.3. The normalized spacial score (nSPS) is 16.3. The van der Waals surface area contributed by atoms with E-state index in [1.54, 1.807) is 12.3 Å². The van der Waals surface area contributed by atoms with Gasteiger partial charge in [-0.2, -0.15) is 10.2 Å². The Morgan fingerprint density at radius 2 is 2.00 bits per heavy atom. The van der Waals surface area contributed by atoms with Crippen molar-refractivity contribution >= 4 is 5.82 Å². The highest BCUT2D eigenvalue weighted by molar-refractivity contribution is 5.36. The Bertz CT molecular complexity index is 585. The first-order chi connectivity index (χ1) is 9.81. The Morgan fingerprint density at radius 3 is 2.65 bits per heavy atom. The van der Waals surface area contributed by atoms with Crippen molar-refractivity contribution in [2.75, 3.05) is 31.1 Å². The summed E-state index contributed by atoms with van der Waals surface area (Å²) in [5.74, 6) is 0.925. The first-order valence-electron chi connectivity index (χ1n) is 6.61. The van der Waals surface area contributed by atoms with Crippen molar-refractivity contribution < 1.29 is 0 Å². The summed E-state index contributed by atoms with van der Waals surface area (Å²) >= 11 is 0. The third kappa shape index (κ3) is 3.00. The van der Waals surface area contributed by atoms with Crippen molar-refractivity contribution in [2.24, 2.45) is 0 Å². The van der Waals surface area contributed by atoms with Gasteiger partial charge in [0.1, 0.15) is 0 Å². The number of anilines is 1. The molecule has 0 unspecified atom stereocenters. The molecule has 3 heterocycles. The standard InChI is InChI=1S/C13H16N6O/c20-13-4-3-11(15-17-13)10-18-6-8-19(9-7-18)12-2-1-5-14-16-12/h1-5H,6-10H2,(H,17,20). The van der Waals surface area contributed by atoms with Crippen LogP contribution in [-0.4, -0.2) is 51.5 Å². The van der Waals surface area contributed by atoms with Gasteiger partial charge in [-0.05, 0) is 18.2 Å². The van der Waals surface area contributed by atoms with Crippen LogP contribution >= 0.6 is 0 Å². The van der Waals surface area contributed by atoms with Crippen molar-refractivity contribution in [3.8, 4) is 0 Å². The molecule has 3 rings (SSSR count). The van der Waals surface area contributed by atoms with Crippen molar-refractivity contribution in [1.82, 2.24) is 25.3 Å². The largest absolute Gasteiger partial charge is 0.353 e. The van der Waals surface area contributed by atoms with E-state index in [4.69, 9.17) is 0 Å². The Balaban J connectivity index is 1.56. The van der Waals surface area contributed by atoms with Crippen LogP contribution in [-0.2, 0) is 6.54 Å². The number of rotatable bonds is 3. The molecule has 104 valence electrons. The highest BCUT2D eigenvalue weighted by atomic mass is 16.1. The Labute approximate surface area is 116 Å². The van der Waals surface area contributed by atoms with E-state index in [0.717, 1.165) is 44.2 Å². The molecular formula is C13H16N6O. The van der Waals surface area contributed by atoms with Crippen molar-refractivity contribution in [3.05, 3.63) is 46.5 Å². The summed E-state index contributed by atoms with van der Waals surface area (Å²) in [5, 5.41) is 14.5. The molecule has 1 aliphatic rings. The fourth-order valence-electron chi connectivity index (χ4n) is 2.29. The van der Waals surface area contributed by atoms with Gasteiger partial charge in [0.25, 0.3) is 5.56 Å². The van der Waals surface area contributed by atoms with Gasteiger partial charge in [0, 0.05) is 45.0 Å². The van der Waals surface area contributed by atoms with E-state index in [0.29, 0.717) is 0 Å². The van der Waals surface area contributed by atoms with E-state index >= 15 is 0 Å². The molecule has 20 heavy (non-hydrogen) atoms. The summed E-state index contributed by atoms with van der Waals surface area (Å²) in [6.45, 7) is 4.48. The topological polar surface area (TPSA) is 78.0 Å². The molecular weight excluding hydrogens is 256 g/mol. The summed E-state index contributed by atoms with van der Waals surface area (Å²) in [5.41, 5.74) is 0.721. The zero-order chi connectivity index (χ0) is 13.8. The molecule has 0 aromatic carbocycles. The summed E-state index contributed by atoms with van der Waals surface area (Å²) < 4.78 is 0. The molecule has 0 radical (unpaired) electrons. The van der Waals surface area contributed by atoms with Crippen LogP contribution in [0.4, 0.5) is 5.82 Å². The van der Waals surface area contributed by atoms with Crippen LogP contribution < -0.4 is 10.5 Å². The maximum absolute atomic E-state index is 11.0.